The summed E-state index contributed by atoms with van der Waals surface area (Å²) in [5, 5.41) is 12.1. The first-order valence-electron chi connectivity index (χ1n) is 5.20. The monoisotopic (exact) mass is 242 g/mol. The SMILES string of the molecule is Cc1nsc(N2CCC(NC(=O)O)CC2)n1. The van der Waals surface area contributed by atoms with Gasteiger partial charge >= 0.3 is 6.09 Å². The minimum atomic E-state index is -0.940. The molecule has 1 saturated heterocycles. The molecule has 1 fully saturated rings. The average molecular weight is 242 g/mol. The number of carbonyl (C=O) groups is 1. The summed E-state index contributed by atoms with van der Waals surface area (Å²) < 4.78 is 4.14. The minimum Gasteiger partial charge on any atom is -0.465 e. The van der Waals surface area contributed by atoms with Crippen LogP contribution in [0, 0.1) is 6.92 Å². The molecule has 1 aliphatic rings. The van der Waals surface area contributed by atoms with Crippen molar-refractivity contribution in [2.24, 2.45) is 0 Å². The third-order valence-electron chi connectivity index (χ3n) is 2.61. The van der Waals surface area contributed by atoms with E-state index in [0.717, 1.165) is 36.9 Å². The van der Waals surface area contributed by atoms with Crippen LogP contribution in [-0.2, 0) is 0 Å². The molecule has 1 aromatic heterocycles. The molecule has 0 atom stereocenters. The molecule has 1 aliphatic heterocycles. The van der Waals surface area contributed by atoms with Crippen LogP contribution < -0.4 is 10.2 Å². The molecule has 0 bridgehead atoms. The summed E-state index contributed by atoms with van der Waals surface area (Å²) in [7, 11) is 0. The zero-order valence-corrected chi connectivity index (χ0v) is 9.83. The van der Waals surface area contributed by atoms with Gasteiger partial charge in [-0.05, 0) is 19.8 Å². The second-order valence-electron chi connectivity index (χ2n) is 3.83. The maximum Gasteiger partial charge on any atom is 0.404 e. The van der Waals surface area contributed by atoms with E-state index >= 15 is 0 Å². The molecule has 0 unspecified atom stereocenters. The van der Waals surface area contributed by atoms with E-state index in [2.05, 4.69) is 19.6 Å². The van der Waals surface area contributed by atoms with Gasteiger partial charge in [-0.25, -0.2) is 9.78 Å². The summed E-state index contributed by atoms with van der Waals surface area (Å²) in [4.78, 5) is 17.0. The van der Waals surface area contributed by atoms with Crippen LogP contribution >= 0.6 is 11.5 Å². The lowest BCUT2D eigenvalue weighted by atomic mass is 10.1. The van der Waals surface area contributed by atoms with Crippen LogP contribution in [0.15, 0.2) is 0 Å². The van der Waals surface area contributed by atoms with Crippen molar-refractivity contribution in [2.45, 2.75) is 25.8 Å². The summed E-state index contributed by atoms with van der Waals surface area (Å²) in [5.74, 6) is 0.797. The highest BCUT2D eigenvalue weighted by molar-refractivity contribution is 7.09. The fourth-order valence-electron chi connectivity index (χ4n) is 1.80. The van der Waals surface area contributed by atoms with E-state index in [-0.39, 0.29) is 6.04 Å². The molecule has 88 valence electrons. The molecule has 0 saturated carbocycles. The first kappa shape index (κ1) is 11.1. The van der Waals surface area contributed by atoms with Gasteiger partial charge in [-0.3, -0.25) is 0 Å². The van der Waals surface area contributed by atoms with Crippen LogP contribution in [0.2, 0.25) is 0 Å². The van der Waals surface area contributed by atoms with E-state index in [1.807, 2.05) is 6.92 Å². The number of amides is 1. The number of piperidine rings is 1. The van der Waals surface area contributed by atoms with Crippen LogP contribution in [0.5, 0.6) is 0 Å². The number of nitrogens with zero attached hydrogens (tertiary/aromatic N) is 3. The number of carboxylic acid groups (broad SMARTS) is 1. The lowest BCUT2D eigenvalue weighted by molar-refractivity contribution is 0.187. The second-order valence-corrected chi connectivity index (χ2v) is 4.57. The Hall–Kier alpha value is -1.37. The summed E-state index contributed by atoms with van der Waals surface area (Å²) in [5.41, 5.74) is 0. The Morgan fingerprint density at radius 3 is 2.75 bits per heavy atom. The van der Waals surface area contributed by atoms with E-state index in [1.54, 1.807) is 0 Å². The second kappa shape index (κ2) is 4.65. The number of aryl methyl sites for hydroxylation is 1. The van der Waals surface area contributed by atoms with Crippen molar-refractivity contribution in [1.82, 2.24) is 14.7 Å². The molecule has 2 heterocycles. The molecule has 0 radical (unpaired) electrons. The normalized spacial score (nSPS) is 17.4. The van der Waals surface area contributed by atoms with E-state index in [9.17, 15) is 4.79 Å². The molecule has 0 aliphatic carbocycles. The van der Waals surface area contributed by atoms with E-state index in [1.165, 1.54) is 11.5 Å². The molecule has 2 rings (SSSR count). The number of aromatic nitrogens is 2. The predicted octanol–water partition coefficient (Wildman–Crippen LogP) is 1.08. The summed E-state index contributed by atoms with van der Waals surface area (Å²) in [6.45, 7) is 3.54. The number of nitrogens with one attached hydrogen (secondary N) is 1. The van der Waals surface area contributed by atoms with Crippen LogP contribution in [0.1, 0.15) is 18.7 Å². The average Bonchev–Trinajstić information content (AvgIpc) is 2.65. The fourth-order valence-corrected chi connectivity index (χ4v) is 2.53. The topological polar surface area (TPSA) is 78.4 Å². The van der Waals surface area contributed by atoms with E-state index in [0.29, 0.717) is 0 Å². The molecule has 7 heteroatoms. The predicted molar refractivity (Wildman–Crippen MR) is 61.0 cm³/mol. The Labute approximate surface area is 97.5 Å². The summed E-state index contributed by atoms with van der Waals surface area (Å²) >= 11 is 1.40. The van der Waals surface area contributed by atoms with Crippen molar-refractivity contribution in [2.75, 3.05) is 18.0 Å². The van der Waals surface area contributed by atoms with E-state index < -0.39 is 6.09 Å². The molecular formula is C9H14N4O2S. The van der Waals surface area contributed by atoms with Crippen molar-refractivity contribution >= 4 is 22.8 Å². The molecular weight excluding hydrogens is 228 g/mol. The molecule has 2 N–H and O–H groups in total. The van der Waals surface area contributed by atoms with Gasteiger partial charge in [0.15, 0.2) is 0 Å². The summed E-state index contributed by atoms with van der Waals surface area (Å²) in [6, 6.07) is 0.0720. The van der Waals surface area contributed by atoms with Gasteiger partial charge in [0.25, 0.3) is 0 Å². The Morgan fingerprint density at radius 1 is 1.56 bits per heavy atom. The first-order valence-corrected chi connectivity index (χ1v) is 5.97. The van der Waals surface area contributed by atoms with Crippen molar-refractivity contribution < 1.29 is 9.90 Å². The third kappa shape index (κ3) is 2.60. The van der Waals surface area contributed by atoms with Gasteiger partial charge in [0.2, 0.25) is 5.13 Å². The van der Waals surface area contributed by atoms with Gasteiger partial charge in [-0.2, -0.15) is 4.37 Å². The Bertz CT molecular complexity index is 373. The van der Waals surface area contributed by atoms with Gasteiger partial charge in [0, 0.05) is 30.7 Å². The molecule has 0 aromatic carbocycles. The standard InChI is InChI=1S/C9H14N4O2S/c1-6-10-8(16-12-6)13-4-2-7(3-5-13)11-9(14)15/h7,11H,2-5H2,1H3,(H,14,15). The Morgan fingerprint density at radius 2 is 2.25 bits per heavy atom. The zero-order valence-electron chi connectivity index (χ0n) is 9.01. The third-order valence-corrected chi connectivity index (χ3v) is 3.48. The quantitative estimate of drug-likeness (QED) is 0.811. The number of rotatable bonds is 2. The van der Waals surface area contributed by atoms with Crippen LogP contribution in [0.25, 0.3) is 0 Å². The summed E-state index contributed by atoms with van der Waals surface area (Å²) in [6.07, 6.45) is 0.709. The van der Waals surface area contributed by atoms with Crippen molar-refractivity contribution in [3.63, 3.8) is 0 Å². The first-order chi connectivity index (χ1) is 7.65. The van der Waals surface area contributed by atoms with Crippen LogP contribution in [0.4, 0.5) is 9.93 Å². The fraction of sp³-hybridized carbons (Fsp3) is 0.667. The largest absolute Gasteiger partial charge is 0.465 e. The van der Waals surface area contributed by atoms with Crippen molar-refractivity contribution in [3.05, 3.63) is 5.82 Å². The van der Waals surface area contributed by atoms with Crippen LogP contribution in [-0.4, -0.2) is 39.7 Å². The lowest BCUT2D eigenvalue weighted by Crippen LogP contribution is -2.44. The Balaban J connectivity index is 1.87. The molecule has 1 amide bonds. The smallest absolute Gasteiger partial charge is 0.404 e. The van der Waals surface area contributed by atoms with Crippen molar-refractivity contribution in [1.29, 1.82) is 0 Å². The highest BCUT2D eigenvalue weighted by atomic mass is 32.1. The number of hydrogen-bond acceptors (Lipinski definition) is 5. The lowest BCUT2D eigenvalue weighted by Gasteiger charge is -2.31. The van der Waals surface area contributed by atoms with Crippen molar-refractivity contribution in [3.8, 4) is 0 Å². The van der Waals surface area contributed by atoms with Crippen LogP contribution in [0.3, 0.4) is 0 Å². The minimum absolute atomic E-state index is 0.0720. The molecule has 1 aromatic rings. The number of hydrogen-bond donors (Lipinski definition) is 2. The number of anilines is 1. The van der Waals surface area contributed by atoms with Gasteiger partial charge in [-0.15, -0.1) is 0 Å². The highest BCUT2D eigenvalue weighted by Crippen LogP contribution is 2.21. The molecule has 0 spiro atoms. The molecule has 16 heavy (non-hydrogen) atoms. The van der Waals surface area contributed by atoms with Gasteiger partial charge < -0.3 is 15.3 Å². The van der Waals surface area contributed by atoms with Gasteiger partial charge in [0.1, 0.15) is 5.82 Å². The molecule has 6 nitrogen and oxygen atoms in total. The van der Waals surface area contributed by atoms with E-state index in [4.69, 9.17) is 5.11 Å². The van der Waals surface area contributed by atoms with Gasteiger partial charge in [-0.1, -0.05) is 0 Å². The Kier molecular flexibility index (Phi) is 3.23. The van der Waals surface area contributed by atoms with Gasteiger partial charge in [0.05, 0.1) is 0 Å². The highest BCUT2D eigenvalue weighted by Gasteiger charge is 2.22. The maximum atomic E-state index is 10.5. The maximum absolute atomic E-state index is 10.5. The zero-order chi connectivity index (χ0) is 11.5.